The van der Waals surface area contributed by atoms with Crippen molar-refractivity contribution in [3.63, 3.8) is 0 Å². The molecule has 1 aliphatic heterocycles. The van der Waals surface area contributed by atoms with Crippen LogP contribution < -0.4 is 0 Å². The number of thiazole rings is 1. The van der Waals surface area contributed by atoms with Gasteiger partial charge in [-0.25, -0.2) is 4.98 Å². The molecule has 1 saturated heterocycles. The minimum atomic E-state index is 0.357. The highest BCUT2D eigenvalue weighted by Gasteiger charge is 2.25. The van der Waals surface area contributed by atoms with Gasteiger partial charge < -0.3 is 4.52 Å². The third-order valence-electron chi connectivity index (χ3n) is 4.55. The lowest BCUT2D eigenvalue weighted by molar-refractivity contribution is 0.0904. The van der Waals surface area contributed by atoms with Crippen molar-refractivity contribution in [2.75, 3.05) is 26.2 Å². The number of hydrogen-bond donors (Lipinski definition) is 0. The number of aromatic nitrogens is 3. The standard InChI is InChI=1S/C17H21N5OS/c1-12(17-19-14-5-3-4-6-15(14)24-17)22-9-7-21(8-10-22)11-16-18-13(2)20-23-16/h3-6,12H,7-11H2,1-2H3/t12-/m1/s1. The molecule has 0 unspecified atom stereocenters. The van der Waals surface area contributed by atoms with E-state index in [4.69, 9.17) is 9.51 Å². The molecule has 0 N–H and O–H groups in total. The van der Waals surface area contributed by atoms with Crippen molar-refractivity contribution in [3.05, 3.63) is 41.0 Å². The summed E-state index contributed by atoms with van der Waals surface area (Å²) in [4.78, 5) is 14.0. The quantitative estimate of drug-likeness (QED) is 0.726. The molecule has 1 aliphatic rings. The Morgan fingerprint density at radius 1 is 1.17 bits per heavy atom. The SMILES string of the molecule is Cc1noc(CN2CCN([C@H](C)c3nc4ccccc4s3)CC2)n1. The van der Waals surface area contributed by atoms with Crippen LogP contribution >= 0.6 is 11.3 Å². The van der Waals surface area contributed by atoms with Crippen molar-refractivity contribution in [1.82, 2.24) is 24.9 Å². The minimum absolute atomic E-state index is 0.357. The first kappa shape index (κ1) is 15.7. The Labute approximate surface area is 145 Å². The lowest BCUT2D eigenvalue weighted by atomic mass is 10.2. The fraction of sp³-hybridized carbons (Fsp3) is 0.471. The van der Waals surface area contributed by atoms with E-state index < -0.39 is 0 Å². The Bertz CT molecular complexity index is 788. The number of benzene rings is 1. The largest absolute Gasteiger partial charge is 0.338 e. The second-order valence-electron chi connectivity index (χ2n) is 6.24. The predicted octanol–water partition coefficient (Wildman–Crippen LogP) is 2.87. The van der Waals surface area contributed by atoms with Crippen molar-refractivity contribution >= 4 is 21.6 Å². The molecule has 4 rings (SSSR count). The molecule has 0 saturated carbocycles. The van der Waals surface area contributed by atoms with Crippen LogP contribution in [-0.2, 0) is 6.54 Å². The number of aryl methyl sites for hydroxylation is 1. The van der Waals surface area contributed by atoms with Crippen molar-refractivity contribution in [2.45, 2.75) is 26.4 Å². The molecular formula is C17H21N5OS. The van der Waals surface area contributed by atoms with E-state index >= 15 is 0 Å². The van der Waals surface area contributed by atoms with Crippen molar-refractivity contribution < 1.29 is 4.52 Å². The second-order valence-corrected chi connectivity index (χ2v) is 7.31. The molecule has 3 aromatic rings. The first-order valence-corrected chi connectivity index (χ1v) is 9.12. The van der Waals surface area contributed by atoms with Gasteiger partial charge in [-0.3, -0.25) is 9.80 Å². The monoisotopic (exact) mass is 343 g/mol. The van der Waals surface area contributed by atoms with Gasteiger partial charge in [-0.2, -0.15) is 4.98 Å². The molecule has 126 valence electrons. The average Bonchev–Trinajstić information content (AvgIpc) is 3.21. The smallest absolute Gasteiger partial charge is 0.240 e. The number of para-hydroxylation sites is 1. The van der Waals surface area contributed by atoms with E-state index in [1.807, 2.05) is 6.92 Å². The normalized spacial score (nSPS) is 18.2. The van der Waals surface area contributed by atoms with Crippen LogP contribution in [-0.4, -0.2) is 51.1 Å². The van der Waals surface area contributed by atoms with Gasteiger partial charge in [0.05, 0.1) is 22.8 Å². The molecule has 2 aromatic heterocycles. The van der Waals surface area contributed by atoms with Crippen LogP contribution in [0.3, 0.4) is 0 Å². The van der Waals surface area contributed by atoms with E-state index in [9.17, 15) is 0 Å². The Morgan fingerprint density at radius 2 is 1.96 bits per heavy atom. The summed E-state index contributed by atoms with van der Waals surface area (Å²) in [6.45, 7) is 8.94. The summed E-state index contributed by atoms with van der Waals surface area (Å²) in [7, 11) is 0. The molecule has 6 nitrogen and oxygen atoms in total. The minimum Gasteiger partial charge on any atom is -0.338 e. The zero-order valence-corrected chi connectivity index (χ0v) is 14.8. The first-order valence-electron chi connectivity index (χ1n) is 8.30. The highest BCUT2D eigenvalue weighted by atomic mass is 32.1. The molecule has 0 bridgehead atoms. The number of rotatable bonds is 4. The Hall–Kier alpha value is -1.83. The van der Waals surface area contributed by atoms with E-state index in [1.165, 1.54) is 9.71 Å². The maximum Gasteiger partial charge on any atom is 0.240 e. The molecule has 0 amide bonds. The molecule has 1 atom stereocenters. The Kier molecular flexibility index (Phi) is 4.30. The van der Waals surface area contributed by atoms with Crippen LogP contribution in [0.15, 0.2) is 28.8 Å². The van der Waals surface area contributed by atoms with Gasteiger partial charge in [0.25, 0.3) is 0 Å². The Morgan fingerprint density at radius 3 is 2.67 bits per heavy atom. The fourth-order valence-corrected chi connectivity index (χ4v) is 4.18. The zero-order chi connectivity index (χ0) is 16.5. The van der Waals surface area contributed by atoms with Crippen LogP contribution in [0.25, 0.3) is 10.2 Å². The van der Waals surface area contributed by atoms with Crippen LogP contribution in [0.5, 0.6) is 0 Å². The van der Waals surface area contributed by atoms with E-state index in [-0.39, 0.29) is 0 Å². The fourth-order valence-electron chi connectivity index (χ4n) is 3.13. The van der Waals surface area contributed by atoms with Gasteiger partial charge in [0.15, 0.2) is 5.82 Å². The molecule has 24 heavy (non-hydrogen) atoms. The maximum atomic E-state index is 5.22. The van der Waals surface area contributed by atoms with Gasteiger partial charge in [0.1, 0.15) is 5.01 Å². The molecular weight excluding hydrogens is 322 g/mol. The molecule has 1 aromatic carbocycles. The van der Waals surface area contributed by atoms with E-state index in [0.717, 1.165) is 38.2 Å². The van der Waals surface area contributed by atoms with E-state index in [0.29, 0.717) is 17.8 Å². The van der Waals surface area contributed by atoms with Crippen molar-refractivity contribution in [2.24, 2.45) is 0 Å². The van der Waals surface area contributed by atoms with Gasteiger partial charge in [0, 0.05) is 26.2 Å². The average molecular weight is 343 g/mol. The summed E-state index contributed by atoms with van der Waals surface area (Å²) in [6.07, 6.45) is 0. The summed E-state index contributed by atoms with van der Waals surface area (Å²) >= 11 is 1.81. The zero-order valence-electron chi connectivity index (χ0n) is 14.0. The number of piperazine rings is 1. The number of fused-ring (bicyclic) bond motifs is 1. The van der Waals surface area contributed by atoms with Crippen LogP contribution in [0.1, 0.15) is 29.7 Å². The molecule has 7 heteroatoms. The summed E-state index contributed by atoms with van der Waals surface area (Å²) in [6, 6.07) is 8.72. The highest BCUT2D eigenvalue weighted by molar-refractivity contribution is 7.18. The first-order chi connectivity index (χ1) is 11.7. The van der Waals surface area contributed by atoms with Crippen LogP contribution in [0.2, 0.25) is 0 Å². The second kappa shape index (κ2) is 6.58. The highest BCUT2D eigenvalue weighted by Crippen LogP contribution is 2.29. The maximum absolute atomic E-state index is 5.22. The lowest BCUT2D eigenvalue weighted by Gasteiger charge is -2.36. The van der Waals surface area contributed by atoms with Crippen molar-refractivity contribution in [3.8, 4) is 0 Å². The summed E-state index contributed by atoms with van der Waals surface area (Å²) in [5.74, 6) is 1.41. The predicted molar refractivity (Wildman–Crippen MR) is 93.9 cm³/mol. The van der Waals surface area contributed by atoms with E-state index in [2.05, 4.69) is 51.1 Å². The third-order valence-corrected chi connectivity index (χ3v) is 5.76. The topological polar surface area (TPSA) is 58.3 Å². The molecule has 0 aliphatic carbocycles. The summed E-state index contributed by atoms with van der Waals surface area (Å²) < 4.78 is 6.49. The Balaban J connectivity index is 1.38. The molecule has 1 fully saturated rings. The van der Waals surface area contributed by atoms with Gasteiger partial charge >= 0.3 is 0 Å². The molecule has 0 spiro atoms. The molecule has 0 radical (unpaired) electrons. The summed E-state index contributed by atoms with van der Waals surface area (Å²) in [5, 5.41) is 5.06. The third kappa shape index (κ3) is 3.19. The van der Waals surface area contributed by atoms with Crippen LogP contribution in [0, 0.1) is 6.92 Å². The van der Waals surface area contributed by atoms with Gasteiger partial charge in [-0.05, 0) is 26.0 Å². The van der Waals surface area contributed by atoms with E-state index in [1.54, 1.807) is 11.3 Å². The lowest BCUT2D eigenvalue weighted by Crippen LogP contribution is -2.46. The van der Waals surface area contributed by atoms with Gasteiger partial charge in [0.2, 0.25) is 5.89 Å². The number of nitrogens with zero attached hydrogens (tertiary/aromatic N) is 5. The van der Waals surface area contributed by atoms with Crippen molar-refractivity contribution in [1.29, 1.82) is 0 Å². The van der Waals surface area contributed by atoms with Crippen LogP contribution in [0.4, 0.5) is 0 Å². The van der Waals surface area contributed by atoms with Gasteiger partial charge in [-0.1, -0.05) is 17.3 Å². The van der Waals surface area contributed by atoms with Gasteiger partial charge in [-0.15, -0.1) is 11.3 Å². The molecule has 3 heterocycles. The summed E-state index contributed by atoms with van der Waals surface area (Å²) in [5.41, 5.74) is 1.11. The number of hydrogen-bond acceptors (Lipinski definition) is 7.